The van der Waals surface area contributed by atoms with Crippen molar-refractivity contribution in [3.05, 3.63) is 0 Å². The van der Waals surface area contributed by atoms with Gasteiger partial charge in [-0.3, -0.25) is 11.3 Å². The SMILES string of the molecule is CCCCCCC(NN)C(OC)C(C)C. The fraction of sp³-hybridized carbons (Fsp3) is 1.00. The largest absolute Gasteiger partial charge is 0.380 e. The number of hydrogen-bond acceptors (Lipinski definition) is 3. The summed E-state index contributed by atoms with van der Waals surface area (Å²) in [5.41, 5.74) is 2.89. The lowest BCUT2D eigenvalue weighted by Crippen LogP contribution is -2.47. The predicted octanol–water partition coefficient (Wildman–Crippen LogP) is 2.46. The Labute approximate surface area is 94.7 Å². The van der Waals surface area contributed by atoms with Crippen molar-refractivity contribution in [2.24, 2.45) is 11.8 Å². The highest BCUT2D eigenvalue weighted by Crippen LogP contribution is 2.15. The Morgan fingerprint density at radius 2 is 1.87 bits per heavy atom. The van der Waals surface area contributed by atoms with Gasteiger partial charge in [-0.15, -0.1) is 0 Å². The first-order valence-corrected chi connectivity index (χ1v) is 6.16. The molecule has 3 N–H and O–H groups in total. The standard InChI is InChI=1S/C12H28N2O/c1-5-6-7-8-9-11(14-13)12(15-4)10(2)3/h10-12,14H,5-9,13H2,1-4H3. The maximum atomic E-state index is 5.57. The van der Waals surface area contributed by atoms with E-state index in [0.717, 1.165) is 6.42 Å². The molecule has 3 heteroatoms. The van der Waals surface area contributed by atoms with Crippen LogP contribution < -0.4 is 11.3 Å². The Kier molecular flexibility index (Phi) is 9.06. The van der Waals surface area contributed by atoms with Gasteiger partial charge in [0.15, 0.2) is 0 Å². The highest BCUT2D eigenvalue weighted by atomic mass is 16.5. The molecule has 0 bridgehead atoms. The van der Waals surface area contributed by atoms with Gasteiger partial charge in [0, 0.05) is 13.2 Å². The van der Waals surface area contributed by atoms with Gasteiger partial charge in [0.25, 0.3) is 0 Å². The van der Waals surface area contributed by atoms with Crippen LogP contribution in [0.1, 0.15) is 52.9 Å². The van der Waals surface area contributed by atoms with Crippen molar-refractivity contribution < 1.29 is 4.74 Å². The molecule has 2 atom stereocenters. The topological polar surface area (TPSA) is 47.3 Å². The molecule has 2 unspecified atom stereocenters. The molecule has 0 radical (unpaired) electrons. The molecule has 0 amide bonds. The minimum absolute atomic E-state index is 0.219. The molecule has 0 heterocycles. The predicted molar refractivity (Wildman–Crippen MR) is 65.5 cm³/mol. The summed E-state index contributed by atoms with van der Waals surface area (Å²) in [6.45, 7) is 6.57. The van der Waals surface area contributed by atoms with Gasteiger partial charge in [-0.1, -0.05) is 46.5 Å². The number of unbranched alkanes of at least 4 members (excludes halogenated alkanes) is 3. The monoisotopic (exact) mass is 216 g/mol. The molecule has 0 spiro atoms. The van der Waals surface area contributed by atoms with E-state index in [1.165, 1.54) is 25.7 Å². The van der Waals surface area contributed by atoms with Gasteiger partial charge in [-0.25, -0.2) is 0 Å². The first kappa shape index (κ1) is 14.9. The van der Waals surface area contributed by atoms with Crippen molar-refractivity contribution in [1.82, 2.24) is 5.43 Å². The number of rotatable bonds is 9. The van der Waals surface area contributed by atoms with E-state index >= 15 is 0 Å². The van der Waals surface area contributed by atoms with E-state index in [9.17, 15) is 0 Å². The summed E-state index contributed by atoms with van der Waals surface area (Å²) in [5, 5.41) is 0. The first-order valence-electron chi connectivity index (χ1n) is 6.16. The second kappa shape index (κ2) is 9.13. The van der Waals surface area contributed by atoms with E-state index in [4.69, 9.17) is 10.6 Å². The third-order valence-electron chi connectivity index (χ3n) is 2.91. The Morgan fingerprint density at radius 1 is 1.20 bits per heavy atom. The van der Waals surface area contributed by atoms with Crippen LogP contribution >= 0.6 is 0 Å². The van der Waals surface area contributed by atoms with Crippen molar-refractivity contribution in [2.75, 3.05) is 7.11 Å². The molecule has 3 nitrogen and oxygen atoms in total. The zero-order valence-corrected chi connectivity index (χ0v) is 10.8. The number of nitrogens with one attached hydrogen (secondary N) is 1. The fourth-order valence-electron chi connectivity index (χ4n) is 2.03. The maximum Gasteiger partial charge on any atom is 0.0760 e. The summed E-state index contributed by atoms with van der Waals surface area (Å²) in [4.78, 5) is 0. The van der Waals surface area contributed by atoms with Crippen molar-refractivity contribution in [3.8, 4) is 0 Å². The van der Waals surface area contributed by atoms with Gasteiger partial charge in [-0.2, -0.15) is 0 Å². The lowest BCUT2D eigenvalue weighted by molar-refractivity contribution is 0.0299. The highest BCUT2D eigenvalue weighted by Gasteiger charge is 2.22. The highest BCUT2D eigenvalue weighted by molar-refractivity contribution is 4.77. The Balaban J connectivity index is 3.87. The van der Waals surface area contributed by atoms with E-state index in [1.807, 2.05) is 0 Å². The summed E-state index contributed by atoms with van der Waals surface area (Å²) < 4.78 is 5.48. The minimum Gasteiger partial charge on any atom is -0.380 e. The molecular formula is C12H28N2O. The second-order valence-corrected chi connectivity index (χ2v) is 4.57. The Bertz CT molecular complexity index is 140. The van der Waals surface area contributed by atoms with Crippen LogP contribution in [-0.4, -0.2) is 19.3 Å². The van der Waals surface area contributed by atoms with Crippen molar-refractivity contribution in [3.63, 3.8) is 0 Å². The van der Waals surface area contributed by atoms with Gasteiger partial charge in [-0.05, 0) is 12.3 Å². The van der Waals surface area contributed by atoms with Crippen LogP contribution in [0.3, 0.4) is 0 Å². The van der Waals surface area contributed by atoms with Gasteiger partial charge in [0.05, 0.1) is 6.10 Å². The Morgan fingerprint density at radius 3 is 2.27 bits per heavy atom. The van der Waals surface area contributed by atoms with Crippen LogP contribution in [0.2, 0.25) is 0 Å². The van der Waals surface area contributed by atoms with Gasteiger partial charge in [0.1, 0.15) is 0 Å². The van der Waals surface area contributed by atoms with Crippen LogP contribution in [0.4, 0.5) is 0 Å². The average Bonchev–Trinajstić information content (AvgIpc) is 2.22. The number of ether oxygens (including phenoxy) is 1. The fourth-order valence-corrected chi connectivity index (χ4v) is 2.03. The van der Waals surface area contributed by atoms with Crippen LogP contribution in [0.5, 0.6) is 0 Å². The molecule has 15 heavy (non-hydrogen) atoms. The summed E-state index contributed by atoms with van der Waals surface area (Å²) >= 11 is 0. The molecule has 92 valence electrons. The van der Waals surface area contributed by atoms with E-state index in [2.05, 4.69) is 26.2 Å². The molecule has 0 aliphatic heterocycles. The number of hydrogen-bond donors (Lipinski definition) is 2. The third-order valence-corrected chi connectivity index (χ3v) is 2.91. The molecule has 0 fully saturated rings. The van der Waals surface area contributed by atoms with E-state index in [-0.39, 0.29) is 12.1 Å². The third kappa shape index (κ3) is 6.13. The summed E-state index contributed by atoms with van der Waals surface area (Å²) in [6.07, 6.45) is 6.44. The summed E-state index contributed by atoms with van der Waals surface area (Å²) in [5.74, 6) is 6.07. The Hall–Kier alpha value is -0.120. The zero-order chi connectivity index (χ0) is 11.7. The molecule has 0 aliphatic rings. The van der Waals surface area contributed by atoms with Crippen molar-refractivity contribution in [2.45, 2.75) is 65.0 Å². The van der Waals surface area contributed by atoms with E-state index in [1.54, 1.807) is 7.11 Å². The van der Waals surface area contributed by atoms with Gasteiger partial charge in [0.2, 0.25) is 0 Å². The lowest BCUT2D eigenvalue weighted by Gasteiger charge is -2.28. The van der Waals surface area contributed by atoms with Crippen LogP contribution in [0.25, 0.3) is 0 Å². The molecule has 0 aromatic heterocycles. The van der Waals surface area contributed by atoms with Crippen LogP contribution in [0.15, 0.2) is 0 Å². The second-order valence-electron chi connectivity index (χ2n) is 4.57. The normalized spacial score (nSPS) is 15.6. The number of nitrogens with two attached hydrogens (primary N) is 1. The number of methoxy groups -OCH3 is 1. The molecule has 0 aromatic carbocycles. The lowest BCUT2D eigenvalue weighted by atomic mass is 9.95. The summed E-state index contributed by atoms with van der Waals surface area (Å²) in [7, 11) is 1.76. The zero-order valence-electron chi connectivity index (χ0n) is 10.8. The van der Waals surface area contributed by atoms with E-state index in [0.29, 0.717) is 5.92 Å². The van der Waals surface area contributed by atoms with Crippen LogP contribution in [0, 0.1) is 5.92 Å². The molecule has 0 aliphatic carbocycles. The van der Waals surface area contributed by atoms with Crippen molar-refractivity contribution >= 4 is 0 Å². The number of hydrazine groups is 1. The minimum atomic E-state index is 0.219. The molecule has 0 saturated carbocycles. The molecule has 0 aromatic rings. The molecule has 0 rings (SSSR count). The smallest absolute Gasteiger partial charge is 0.0760 e. The summed E-state index contributed by atoms with van der Waals surface area (Å²) in [6, 6.07) is 0.284. The molecule has 0 saturated heterocycles. The average molecular weight is 216 g/mol. The van der Waals surface area contributed by atoms with Gasteiger partial charge >= 0.3 is 0 Å². The van der Waals surface area contributed by atoms with Crippen LogP contribution in [-0.2, 0) is 4.74 Å². The maximum absolute atomic E-state index is 5.57. The first-order chi connectivity index (χ1) is 7.17. The van der Waals surface area contributed by atoms with E-state index < -0.39 is 0 Å². The van der Waals surface area contributed by atoms with Crippen molar-refractivity contribution in [1.29, 1.82) is 0 Å². The van der Waals surface area contributed by atoms with Gasteiger partial charge < -0.3 is 4.74 Å². The molecular weight excluding hydrogens is 188 g/mol. The quantitative estimate of drug-likeness (QED) is 0.353.